The number of hydrogen-bond acceptors (Lipinski definition) is 0. The molecule has 0 saturated carbocycles. The molecule has 0 N–H and O–H groups in total. The second kappa shape index (κ2) is 4.24. The van der Waals surface area contributed by atoms with Gasteiger partial charge in [0, 0.05) is 0 Å². The van der Waals surface area contributed by atoms with E-state index < -0.39 is 0 Å². The molecular formula is C11H18Si2. The van der Waals surface area contributed by atoms with Gasteiger partial charge < -0.3 is 0 Å². The molecule has 0 bridgehead atoms. The standard InChI is InChI=1S/C11H18Si2/c1-9-6-7-10(12(2)3)11(8-9)13(4)5/h6-8H,1-5H3. The highest BCUT2D eigenvalue weighted by atomic mass is 28.3. The minimum absolute atomic E-state index is 0.278. The van der Waals surface area contributed by atoms with Crippen molar-refractivity contribution in [3.8, 4) is 0 Å². The molecule has 0 fully saturated rings. The molecule has 0 heterocycles. The average Bonchev–Trinajstić information content (AvgIpc) is 2.03. The van der Waals surface area contributed by atoms with Crippen molar-refractivity contribution >= 4 is 28.0 Å². The Bertz CT molecular complexity index is 290. The van der Waals surface area contributed by atoms with E-state index >= 15 is 0 Å². The number of aryl methyl sites for hydroxylation is 1. The molecule has 2 radical (unpaired) electrons. The Hall–Kier alpha value is -0.346. The lowest BCUT2D eigenvalue weighted by molar-refractivity contribution is 1.50. The van der Waals surface area contributed by atoms with Crippen molar-refractivity contribution in [2.75, 3.05) is 0 Å². The molecule has 1 aromatic carbocycles. The maximum atomic E-state index is 2.39. The average molecular weight is 206 g/mol. The summed E-state index contributed by atoms with van der Waals surface area (Å²) in [6.07, 6.45) is 0. The summed E-state index contributed by atoms with van der Waals surface area (Å²) in [6, 6.07) is 6.99. The SMILES string of the molecule is Cc1ccc([Si](C)C)c([Si](C)C)c1. The summed E-state index contributed by atoms with van der Waals surface area (Å²) < 4.78 is 0. The second-order valence-corrected chi connectivity index (χ2v) is 9.13. The molecule has 0 aliphatic rings. The van der Waals surface area contributed by atoms with E-state index in [1.54, 1.807) is 10.4 Å². The molecule has 0 aliphatic heterocycles. The Labute approximate surface area is 85.2 Å². The van der Waals surface area contributed by atoms with Crippen molar-refractivity contribution in [1.82, 2.24) is 0 Å². The molecule has 13 heavy (non-hydrogen) atoms. The van der Waals surface area contributed by atoms with E-state index in [4.69, 9.17) is 0 Å². The summed E-state index contributed by atoms with van der Waals surface area (Å²) in [4.78, 5) is 0. The van der Waals surface area contributed by atoms with Crippen LogP contribution >= 0.6 is 0 Å². The van der Waals surface area contributed by atoms with Crippen molar-refractivity contribution in [1.29, 1.82) is 0 Å². The van der Waals surface area contributed by atoms with Crippen LogP contribution < -0.4 is 10.4 Å². The van der Waals surface area contributed by atoms with E-state index in [9.17, 15) is 0 Å². The Morgan fingerprint density at radius 1 is 0.846 bits per heavy atom. The van der Waals surface area contributed by atoms with Gasteiger partial charge >= 0.3 is 0 Å². The third-order valence-electron chi connectivity index (χ3n) is 2.25. The van der Waals surface area contributed by atoms with Crippen molar-refractivity contribution in [2.24, 2.45) is 0 Å². The van der Waals surface area contributed by atoms with Crippen LogP contribution in [0.15, 0.2) is 18.2 Å². The minimum atomic E-state index is -0.283. The second-order valence-electron chi connectivity index (χ2n) is 4.05. The molecule has 70 valence electrons. The Kier molecular flexibility index (Phi) is 3.50. The summed E-state index contributed by atoms with van der Waals surface area (Å²) in [7, 11) is -0.561. The first-order valence-electron chi connectivity index (χ1n) is 4.74. The first-order chi connectivity index (χ1) is 6.02. The van der Waals surface area contributed by atoms with E-state index in [-0.39, 0.29) is 17.6 Å². The minimum Gasteiger partial charge on any atom is -0.0671 e. The molecule has 1 rings (SSSR count). The predicted molar refractivity (Wildman–Crippen MR) is 65.4 cm³/mol. The molecule has 0 saturated heterocycles. The summed E-state index contributed by atoms with van der Waals surface area (Å²) in [6.45, 7) is 11.7. The van der Waals surface area contributed by atoms with E-state index in [0.717, 1.165) is 0 Å². The first kappa shape index (κ1) is 10.7. The van der Waals surface area contributed by atoms with Crippen LogP contribution in [0.2, 0.25) is 26.2 Å². The van der Waals surface area contributed by atoms with Crippen LogP contribution in [0, 0.1) is 6.92 Å². The van der Waals surface area contributed by atoms with Crippen LogP contribution in [-0.4, -0.2) is 17.6 Å². The lowest BCUT2D eigenvalue weighted by Gasteiger charge is -2.14. The summed E-state index contributed by atoms with van der Waals surface area (Å²) in [5.74, 6) is 0. The third kappa shape index (κ3) is 2.55. The predicted octanol–water partition coefficient (Wildman–Crippen LogP) is 1.92. The smallest absolute Gasteiger partial charge is 0.0671 e. The van der Waals surface area contributed by atoms with Gasteiger partial charge in [-0.2, -0.15) is 0 Å². The van der Waals surface area contributed by atoms with Gasteiger partial charge in [-0.15, -0.1) is 0 Å². The zero-order chi connectivity index (χ0) is 10.0. The normalized spacial score (nSPS) is 11.3. The lowest BCUT2D eigenvalue weighted by atomic mass is 10.2. The molecule has 0 amide bonds. The first-order valence-corrected chi connectivity index (χ1v) is 9.74. The van der Waals surface area contributed by atoms with Crippen LogP contribution in [-0.2, 0) is 0 Å². The molecular weight excluding hydrogens is 188 g/mol. The highest BCUT2D eigenvalue weighted by Crippen LogP contribution is 1.96. The molecule has 2 heteroatoms. The van der Waals surface area contributed by atoms with Gasteiger partial charge in [0.25, 0.3) is 0 Å². The molecule has 0 aliphatic carbocycles. The zero-order valence-corrected chi connectivity index (χ0v) is 11.2. The summed E-state index contributed by atoms with van der Waals surface area (Å²) >= 11 is 0. The fourth-order valence-electron chi connectivity index (χ4n) is 1.51. The van der Waals surface area contributed by atoms with Gasteiger partial charge in [0.05, 0.1) is 17.6 Å². The maximum Gasteiger partial charge on any atom is 0.0790 e. The van der Waals surface area contributed by atoms with Crippen molar-refractivity contribution < 1.29 is 0 Å². The van der Waals surface area contributed by atoms with Gasteiger partial charge in [-0.1, -0.05) is 60.3 Å². The van der Waals surface area contributed by atoms with Crippen LogP contribution in [0.25, 0.3) is 0 Å². The number of hydrogen-bond donors (Lipinski definition) is 0. The zero-order valence-electron chi connectivity index (χ0n) is 9.23. The van der Waals surface area contributed by atoms with Gasteiger partial charge in [-0.05, 0) is 6.92 Å². The van der Waals surface area contributed by atoms with Gasteiger partial charge in [0.2, 0.25) is 0 Å². The lowest BCUT2D eigenvalue weighted by Crippen LogP contribution is -2.44. The highest BCUT2D eigenvalue weighted by Gasteiger charge is 2.11. The molecule has 0 spiro atoms. The van der Waals surface area contributed by atoms with Gasteiger partial charge in [-0.25, -0.2) is 0 Å². The molecule has 0 nitrogen and oxygen atoms in total. The summed E-state index contributed by atoms with van der Waals surface area (Å²) in [5, 5.41) is 3.30. The fraction of sp³-hybridized carbons (Fsp3) is 0.455. The topological polar surface area (TPSA) is 0 Å². The molecule has 0 aromatic heterocycles. The quantitative estimate of drug-likeness (QED) is 0.649. The van der Waals surface area contributed by atoms with E-state index in [1.165, 1.54) is 5.56 Å². The molecule has 0 unspecified atom stereocenters. The number of rotatable bonds is 2. The third-order valence-corrected chi connectivity index (χ3v) is 5.51. The Morgan fingerprint density at radius 3 is 1.85 bits per heavy atom. The Morgan fingerprint density at radius 2 is 1.38 bits per heavy atom. The van der Waals surface area contributed by atoms with E-state index in [0.29, 0.717) is 0 Å². The monoisotopic (exact) mass is 206 g/mol. The van der Waals surface area contributed by atoms with E-state index in [1.807, 2.05) is 0 Å². The van der Waals surface area contributed by atoms with Crippen LogP contribution in [0.4, 0.5) is 0 Å². The van der Waals surface area contributed by atoms with Gasteiger partial charge in [0.1, 0.15) is 0 Å². The van der Waals surface area contributed by atoms with Gasteiger partial charge in [0.15, 0.2) is 0 Å². The van der Waals surface area contributed by atoms with Crippen molar-refractivity contribution in [3.05, 3.63) is 23.8 Å². The van der Waals surface area contributed by atoms with Crippen molar-refractivity contribution in [2.45, 2.75) is 33.1 Å². The molecule has 0 atom stereocenters. The highest BCUT2D eigenvalue weighted by molar-refractivity contribution is 6.82. The van der Waals surface area contributed by atoms with Crippen LogP contribution in [0.5, 0.6) is 0 Å². The van der Waals surface area contributed by atoms with Crippen LogP contribution in [0.3, 0.4) is 0 Å². The van der Waals surface area contributed by atoms with Gasteiger partial charge in [-0.3, -0.25) is 0 Å². The van der Waals surface area contributed by atoms with Crippen LogP contribution in [0.1, 0.15) is 5.56 Å². The largest absolute Gasteiger partial charge is 0.0790 e. The Balaban J connectivity index is 3.19. The fourth-order valence-corrected chi connectivity index (χ4v) is 5.17. The van der Waals surface area contributed by atoms with Crippen molar-refractivity contribution in [3.63, 3.8) is 0 Å². The van der Waals surface area contributed by atoms with E-state index in [2.05, 4.69) is 51.3 Å². The summed E-state index contributed by atoms with van der Waals surface area (Å²) in [5.41, 5.74) is 1.41. The maximum absolute atomic E-state index is 2.39. The molecule has 1 aromatic rings. The number of benzene rings is 1.